The maximum atomic E-state index is 13.2. The molecule has 1 aromatic carbocycles. The molecule has 0 saturated carbocycles. The lowest BCUT2D eigenvalue weighted by molar-refractivity contribution is 0.147. The monoisotopic (exact) mass is 283 g/mol. The summed E-state index contributed by atoms with van der Waals surface area (Å²) >= 11 is 0. The number of methoxy groups -OCH3 is 1. The first-order valence-electron chi connectivity index (χ1n) is 6.39. The van der Waals surface area contributed by atoms with E-state index in [4.69, 9.17) is 9.26 Å². The van der Waals surface area contributed by atoms with Crippen LogP contribution < -0.4 is 15.4 Å². The molecule has 0 radical (unpaired) electrons. The molecule has 1 aliphatic heterocycles. The molecule has 19 heavy (non-hydrogen) atoms. The normalized spacial score (nSPS) is 28.9. The van der Waals surface area contributed by atoms with Gasteiger partial charge in [-0.2, -0.15) is 0 Å². The van der Waals surface area contributed by atoms with Crippen LogP contribution in [-0.2, 0) is 9.09 Å². The van der Waals surface area contributed by atoms with Gasteiger partial charge in [-0.15, -0.1) is 0 Å². The summed E-state index contributed by atoms with van der Waals surface area (Å²) < 4.78 is 24.2. The van der Waals surface area contributed by atoms with Crippen molar-refractivity contribution in [1.82, 2.24) is 5.32 Å². The zero-order valence-electron chi connectivity index (χ0n) is 12.2. The Morgan fingerprint density at radius 1 is 1.21 bits per heavy atom. The minimum atomic E-state index is -2.95. The summed E-state index contributed by atoms with van der Waals surface area (Å²) in [5.74, 6) is 0.749. The minimum absolute atomic E-state index is 0.177. The highest BCUT2D eigenvalue weighted by molar-refractivity contribution is 7.68. The molecular formula is C14H22NO3P. The summed E-state index contributed by atoms with van der Waals surface area (Å²) in [5, 5.41) is 3.56. The largest absolute Gasteiger partial charge is 0.497 e. The summed E-state index contributed by atoms with van der Waals surface area (Å²) in [6.07, 6.45) is 0. The van der Waals surface area contributed by atoms with Gasteiger partial charge in [0.2, 0.25) is 0 Å². The van der Waals surface area contributed by atoms with Crippen LogP contribution in [0.2, 0.25) is 0 Å². The van der Waals surface area contributed by atoms with E-state index in [0.717, 1.165) is 11.1 Å². The molecule has 5 heteroatoms. The molecule has 0 aliphatic carbocycles. The van der Waals surface area contributed by atoms with Crippen LogP contribution >= 0.6 is 7.37 Å². The Balaban J connectivity index is 2.38. The molecule has 0 aromatic heterocycles. The van der Waals surface area contributed by atoms with Crippen molar-refractivity contribution in [3.05, 3.63) is 24.3 Å². The number of nitrogens with one attached hydrogen (secondary N) is 1. The zero-order chi connectivity index (χ0) is 14.3. The van der Waals surface area contributed by atoms with E-state index in [2.05, 4.69) is 5.32 Å². The third kappa shape index (κ3) is 2.58. The van der Waals surface area contributed by atoms with E-state index < -0.39 is 12.6 Å². The van der Waals surface area contributed by atoms with Gasteiger partial charge in [-0.3, -0.25) is 9.88 Å². The number of benzene rings is 1. The van der Waals surface area contributed by atoms with Crippen molar-refractivity contribution in [1.29, 1.82) is 0 Å². The minimum Gasteiger partial charge on any atom is -0.497 e. The van der Waals surface area contributed by atoms with E-state index >= 15 is 0 Å². The first-order valence-corrected chi connectivity index (χ1v) is 8.01. The number of ether oxygens (including phenoxy) is 1. The van der Waals surface area contributed by atoms with E-state index in [-0.39, 0.29) is 5.54 Å². The van der Waals surface area contributed by atoms with Crippen LogP contribution in [0.3, 0.4) is 0 Å². The van der Waals surface area contributed by atoms with Crippen molar-refractivity contribution in [2.45, 2.75) is 38.5 Å². The summed E-state index contributed by atoms with van der Waals surface area (Å²) in [4.78, 5) is 0. The molecule has 0 unspecified atom stereocenters. The highest BCUT2D eigenvalue weighted by Gasteiger charge is 2.50. The van der Waals surface area contributed by atoms with E-state index in [1.807, 2.05) is 52.0 Å². The Morgan fingerprint density at radius 3 is 2.26 bits per heavy atom. The van der Waals surface area contributed by atoms with E-state index in [1.165, 1.54) is 0 Å². The molecule has 1 aliphatic rings. The van der Waals surface area contributed by atoms with Crippen LogP contribution in [0.15, 0.2) is 24.3 Å². The van der Waals surface area contributed by atoms with Crippen LogP contribution in [0.4, 0.5) is 0 Å². The Hall–Kier alpha value is -0.830. The second-order valence-electron chi connectivity index (χ2n) is 6.09. The average molecular weight is 283 g/mol. The smallest absolute Gasteiger partial charge is 0.251 e. The van der Waals surface area contributed by atoms with E-state index in [9.17, 15) is 4.57 Å². The van der Waals surface area contributed by atoms with Gasteiger partial charge in [-0.05, 0) is 52.0 Å². The van der Waals surface area contributed by atoms with E-state index in [0.29, 0.717) is 6.61 Å². The molecule has 0 amide bonds. The molecule has 1 atom stereocenters. The molecule has 0 bridgehead atoms. The Labute approximate surface area is 114 Å². The van der Waals surface area contributed by atoms with Gasteiger partial charge in [0, 0.05) is 10.8 Å². The first-order chi connectivity index (χ1) is 8.70. The number of rotatable bonds is 2. The Morgan fingerprint density at radius 2 is 1.79 bits per heavy atom. The zero-order valence-corrected chi connectivity index (χ0v) is 13.1. The SMILES string of the molecule is COc1ccc([P@]2(=O)OCC(C)(C)NC2(C)C)cc1. The van der Waals surface area contributed by atoms with Crippen LogP contribution in [-0.4, -0.2) is 24.5 Å². The Kier molecular flexibility index (Phi) is 3.54. The number of hydrogen-bond donors (Lipinski definition) is 1. The lowest BCUT2D eigenvalue weighted by Crippen LogP contribution is -2.59. The predicted molar refractivity (Wildman–Crippen MR) is 77.5 cm³/mol. The summed E-state index contributed by atoms with van der Waals surface area (Å²) in [7, 11) is -1.33. The lowest BCUT2D eigenvalue weighted by Gasteiger charge is -2.47. The third-order valence-electron chi connectivity index (χ3n) is 3.40. The quantitative estimate of drug-likeness (QED) is 0.848. The van der Waals surface area contributed by atoms with Gasteiger partial charge in [-0.1, -0.05) is 0 Å². The van der Waals surface area contributed by atoms with Gasteiger partial charge in [0.25, 0.3) is 7.37 Å². The molecule has 2 rings (SSSR count). The summed E-state index contributed by atoms with van der Waals surface area (Å²) in [5.41, 5.74) is -0.177. The molecule has 1 saturated heterocycles. The van der Waals surface area contributed by atoms with Crippen molar-refractivity contribution < 1.29 is 13.8 Å². The van der Waals surface area contributed by atoms with Crippen molar-refractivity contribution in [3.8, 4) is 5.75 Å². The van der Waals surface area contributed by atoms with Crippen molar-refractivity contribution >= 4 is 12.7 Å². The average Bonchev–Trinajstić information content (AvgIpc) is 2.33. The van der Waals surface area contributed by atoms with Crippen LogP contribution in [0.1, 0.15) is 27.7 Å². The fourth-order valence-electron chi connectivity index (χ4n) is 2.53. The molecule has 0 spiro atoms. The maximum Gasteiger partial charge on any atom is 0.251 e. The highest BCUT2D eigenvalue weighted by atomic mass is 31.2. The van der Waals surface area contributed by atoms with Crippen LogP contribution in [0, 0.1) is 0 Å². The second kappa shape index (κ2) is 4.62. The topological polar surface area (TPSA) is 47.6 Å². The van der Waals surface area contributed by atoms with Gasteiger partial charge in [0.1, 0.15) is 5.75 Å². The number of hydrogen-bond acceptors (Lipinski definition) is 4. The van der Waals surface area contributed by atoms with Crippen molar-refractivity contribution in [3.63, 3.8) is 0 Å². The fourth-order valence-corrected chi connectivity index (χ4v) is 5.14. The second-order valence-corrected chi connectivity index (χ2v) is 9.09. The van der Waals surface area contributed by atoms with Crippen LogP contribution in [0.5, 0.6) is 5.75 Å². The van der Waals surface area contributed by atoms with Crippen molar-refractivity contribution in [2.75, 3.05) is 13.7 Å². The van der Waals surface area contributed by atoms with Gasteiger partial charge in [0.15, 0.2) is 0 Å². The fraction of sp³-hybridized carbons (Fsp3) is 0.571. The summed E-state index contributed by atoms with van der Waals surface area (Å²) in [6.45, 7) is 8.39. The van der Waals surface area contributed by atoms with Crippen molar-refractivity contribution in [2.24, 2.45) is 0 Å². The van der Waals surface area contributed by atoms with Gasteiger partial charge >= 0.3 is 0 Å². The van der Waals surface area contributed by atoms with Gasteiger partial charge in [0.05, 0.1) is 19.0 Å². The van der Waals surface area contributed by atoms with E-state index in [1.54, 1.807) is 7.11 Å². The molecule has 1 aromatic rings. The highest BCUT2D eigenvalue weighted by Crippen LogP contribution is 2.59. The first kappa shape index (κ1) is 14.6. The molecule has 1 fully saturated rings. The molecule has 4 nitrogen and oxygen atoms in total. The standard InChI is InChI=1S/C14H22NO3P/c1-13(2)10-18-19(16,14(3,4)15-13)12-8-6-11(17-5)7-9-12/h6-9,15H,10H2,1-5H3/t19-/m0/s1. The third-order valence-corrected chi connectivity index (χ3v) is 6.45. The van der Waals surface area contributed by atoms with Gasteiger partial charge < -0.3 is 9.26 Å². The molecule has 106 valence electrons. The van der Waals surface area contributed by atoms with Gasteiger partial charge in [-0.25, -0.2) is 0 Å². The summed E-state index contributed by atoms with van der Waals surface area (Å²) in [6, 6.07) is 7.27. The maximum absolute atomic E-state index is 13.2. The Bertz CT molecular complexity index is 508. The van der Waals surface area contributed by atoms with Crippen LogP contribution in [0.25, 0.3) is 0 Å². The predicted octanol–water partition coefficient (Wildman–Crippen LogP) is 2.73. The molecule has 1 N–H and O–H groups in total. The molecule has 1 heterocycles. The lowest BCUT2D eigenvalue weighted by atomic mass is 10.1. The molecular weight excluding hydrogens is 261 g/mol.